The minimum atomic E-state index is 0. The Balaban J connectivity index is 0.00000120. The van der Waals surface area contributed by atoms with Gasteiger partial charge in [-0.1, -0.05) is 11.6 Å². The number of rotatable bonds is 1. The maximum absolute atomic E-state index is 5.98. The molecule has 1 fully saturated rings. The highest BCUT2D eigenvalue weighted by Gasteiger charge is 2.26. The van der Waals surface area contributed by atoms with Gasteiger partial charge >= 0.3 is 0 Å². The molecule has 1 aliphatic rings. The van der Waals surface area contributed by atoms with E-state index in [0.29, 0.717) is 11.2 Å². The molecule has 0 bridgehead atoms. The van der Waals surface area contributed by atoms with Crippen LogP contribution >= 0.6 is 39.9 Å². The second-order valence-electron chi connectivity index (χ2n) is 4.43. The van der Waals surface area contributed by atoms with E-state index < -0.39 is 0 Å². The van der Waals surface area contributed by atoms with Crippen molar-refractivity contribution in [2.24, 2.45) is 0 Å². The minimum absolute atomic E-state index is 0. The summed E-state index contributed by atoms with van der Waals surface area (Å²) in [6, 6.07) is 4.25. The highest BCUT2D eigenvalue weighted by Crippen LogP contribution is 2.35. The zero-order chi connectivity index (χ0) is 12.0. The number of likely N-dealkylation sites (tertiary alicyclic amines) is 1. The van der Waals surface area contributed by atoms with Gasteiger partial charge in [0.05, 0.1) is 10.5 Å². The van der Waals surface area contributed by atoms with Crippen molar-refractivity contribution < 1.29 is 4.42 Å². The average molecular weight is 352 g/mol. The third-order valence-corrected chi connectivity index (χ3v) is 4.40. The van der Waals surface area contributed by atoms with Crippen molar-refractivity contribution in [3.8, 4) is 0 Å². The SMILES string of the molecule is CN1CCC[C@@H]1c1cc2nc(Cl)c(Br)cc2o1.Cl. The molecule has 0 aromatic carbocycles. The van der Waals surface area contributed by atoms with Crippen LogP contribution in [-0.2, 0) is 0 Å². The largest absolute Gasteiger partial charge is 0.458 e. The maximum Gasteiger partial charge on any atom is 0.154 e. The molecule has 0 unspecified atom stereocenters. The highest BCUT2D eigenvalue weighted by molar-refractivity contribution is 9.10. The molecule has 0 saturated carbocycles. The van der Waals surface area contributed by atoms with E-state index in [1.165, 1.54) is 6.42 Å². The molecule has 1 saturated heterocycles. The molecule has 0 spiro atoms. The van der Waals surface area contributed by atoms with E-state index in [-0.39, 0.29) is 12.4 Å². The van der Waals surface area contributed by atoms with Crippen molar-refractivity contribution in [3.63, 3.8) is 0 Å². The Kier molecular flexibility index (Phi) is 4.22. The molecule has 98 valence electrons. The fraction of sp³-hybridized carbons (Fsp3) is 0.417. The monoisotopic (exact) mass is 350 g/mol. The lowest BCUT2D eigenvalue weighted by atomic mass is 10.2. The van der Waals surface area contributed by atoms with Crippen LogP contribution in [0, 0.1) is 0 Å². The lowest BCUT2D eigenvalue weighted by molar-refractivity contribution is 0.281. The number of hydrogen-bond acceptors (Lipinski definition) is 3. The van der Waals surface area contributed by atoms with Gasteiger partial charge in [0, 0.05) is 12.1 Å². The number of furan rings is 1. The Bertz CT molecular complexity index is 533. The van der Waals surface area contributed by atoms with Crippen LogP contribution in [0.4, 0.5) is 0 Å². The predicted octanol–water partition coefficient (Wildman–Crippen LogP) is 4.43. The first-order chi connectivity index (χ1) is 8.15. The summed E-state index contributed by atoms with van der Waals surface area (Å²) >= 11 is 9.33. The summed E-state index contributed by atoms with van der Waals surface area (Å²) in [5, 5.41) is 0.477. The van der Waals surface area contributed by atoms with E-state index in [1.807, 2.05) is 12.1 Å². The van der Waals surface area contributed by atoms with E-state index in [1.54, 1.807) is 0 Å². The van der Waals surface area contributed by atoms with Gasteiger partial charge < -0.3 is 4.42 Å². The molecule has 3 nitrogen and oxygen atoms in total. The lowest BCUT2D eigenvalue weighted by Crippen LogP contribution is -2.16. The maximum atomic E-state index is 5.98. The summed E-state index contributed by atoms with van der Waals surface area (Å²) in [6.07, 6.45) is 2.36. The summed E-state index contributed by atoms with van der Waals surface area (Å²) in [6.45, 7) is 1.12. The first-order valence-electron chi connectivity index (χ1n) is 5.61. The fourth-order valence-electron chi connectivity index (χ4n) is 2.37. The van der Waals surface area contributed by atoms with Crippen LogP contribution in [0.25, 0.3) is 11.1 Å². The highest BCUT2D eigenvalue weighted by atomic mass is 79.9. The molecule has 0 N–H and O–H groups in total. The van der Waals surface area contributed by atoms with Crippen LogP contribution in [0.2, 0.25) is 5.15 Å². The molecule has 2 aromatic heterocycles. The third-order valence-electron chi connectivity index (χ3n) is 3.28. The van der Waals surface area contributed by atoms with Gasteiger partial charge in [-0.15, -0.1) is 12.4 Å². The van der Waals surface area contributed by atoms with Gasteiger partial charge in [0.2, 0.25) is 0 Å². The van der Waals surface area contributed by atoms with Gasteiger partial charge in [-0.25, -0.2) is 4.98 Å². The van der Waals surface area contributed by atoms with Gasteiger partial charge in [0.1, 0.15) is 16.4 Å². The molecule has 0 radical (unpaired) electrons. The van der Waals surface area contributed by atoms with E-state index >= 15 is 0 Å². The zero-order valence-electron chi connectivity index (χ0n) is 9.82. The molecule has 0 aliphatic carbocycles. The smallest absolute Gasteiger partial charge is 0.154 e. The Morgan fingerprint density at radius 1 is 1.50 bits per heavy atom. The first kappa shape index (κ1) is 14.1. The molecule has 1 atom stereocenters. The van der Waals surface area contributed by atoms with E-state index in [4.69, 9.17) is 16.0 Å². The lowest BCUT2D eigenvalue weighted by Gasteiger charge is -2.16. The molecule has 3 rings (SSSR count). The second-order valence-corrected chi connectivity index (χ2v) is 5.64. The predicted molar refractivity (Wildman–Crippen MR) is 78.6 cm³/mol. The van der Waals surface area contributed by atoms with Gasteiger partial charge in [0.15, 0.2) is 5.58 Å². The van der Waals surface area contributed by atoms with Crippen LogP contribution in [0.15, 0.2) is 21.0 Å². The minimum Gasteiger partial charge on any atom is -0.458 e. The van der Waals surface area contributed by atoms with E-state index in [2.05, 4.69) is 32.9 Å². The van der Waals surface area contributed by atoms with E-state index in [9.17, 15) is 0 Å². The normalized spacial score (nSPS) is 20.3. The standard InChI is InChI=1S/C12H12BrClN2O.ClH/c1-16-4-2-3-9(16)11-6-8-10(17-11)5-7(13)12(14)15-8;/h5-6,9H,2-4H2,1H3;1H/t9-;/m1./s1. The Morgan fingerprint density at radius 3 is 2.94 bits per heavy atom. The van der Waals surface area contributed by atoms with Gasteiger partial charge in [-0.05, 0) is 42.4 Å². The molecular weight excluding hydrogens is 339 g/mol. The van der Waals surface area contributed by atoms with E-state index in [0.717, 1.165) is 34.3 Å². The van der Waals surface area contributed by atoms with Crippen molar-refractivity contribution in [2.75, 3.05) is 13.6 Å². The molecule has 6 heteroatoms. The summed E-state index contributed by atoms with van der Waals surface area (Å²) in [7, 11) is 2.13. The van der Waals surface area contributed by atoms with Gasteiger partial charge in [-0.2, -0.15) is 0 Å². The number of fused-ring (bicyclic) bond motifs is 1. The number of aromatic nitrogens is 1. The average Bonchev–Trinajstić information content (AvgIpc) is 2.85. The molecular formula is C12H13BrCl2N2O. The van der Waals surface area contributed by atoms with Crippen molar-refractivity contribution in [2.45, 2.75) is 18.9 Å². The fourth-order valence-corrected chi connectivity index (χ4v) is 2.82. The molecule has 2 aromatic rings. The summed E-state index contributed by atoms with van der Waals surface area (Å²) in [5.74, 6) is 0.988. The number of nitrogens with zero attached hydrogens (tertiary/aromatic N) is 2. The molecule has 3 heterocycles. The van der Waals surface area contributed by atoms with Crippen LogP contribution in [0.1, 0.15) is 24.6 Å². The second kappa shape index (κ2) is 5.37. The van der Waals surface area contributed by atoms with Crippen LogP contribution < -0.4 is 0 Å². The van der Waals surface area contributed by atoms with Crippen molar-refractivity contribution in [1.29, 1.82) is 0 Å². The zero-order valence-corrected chi connectivity index (χ0v) is 13.0. The first-order valence-corrected chi connectivity index (χ1v) is 6.78. The molecule has 1 aliphatic heterocycles. The van der Waals surface area contributed by atoms with Crippen LogP contribution in [0.5, 0.6) is 0 Å². The number of pyridine rings is 1. The Morgan fingerprint density at radius 2 is 2.28 bits per heavy atom. The topological polar surface area (TPSA) is 29.3 Å². The van der Waals surface area contributed by atoms with Crippen molar-refractivity contribution >= 4 is 51.0 Å². The summed E-state index contributed by atoms with van der Waals surface area (Å²) in [5.41, 5.74) is 1.62. The van der Waals surface area contributed by atoms with Crippen molar-refractivity contribution in [3.05, 3.63) is 27.5 Å². The summed E-state index contributed by atoms with van der Waals surface area (Å²) in [4.78, 5) is 6.61. The quantitative estimate of drug-likeness (QED) is 0.711. The van der Waals surface area contributed by atoms with Crippen molar-refractivity contribution in [1.82, 2.24) is 9.88 Å². The Hall–Kier alpha value is -0.290. The summed E-state index contributed by atoms with van der Waals surface area (Å²) < 4.78 is 6.64. The molecule has 0 amide bonds. The molecule has 18 heavy (non-hydrogen) atoms. The number of halogens is 3. The van der Waals surface area contributed by atoms with Crippen LogP contribution in [-0.4, -0.2) is 23.5 Å². The van der Waals surface area contributed by atoms with Gasteiger partial charge in [-0.3, -0.25) is 4.90 Å². The van der Waals surface area contributed by atoms with Crippen LogP contribution in [0.3, 0.4) is 0 Å². The third kappa shape index (κ3) is 2.39. The number of hydrogen-bond donors (Lipinski definition) is 0. The van der Waals surface area contributed by atoms with Gasteiger partial charge in [0.25, 0.3) is 0 Å². The Labute approximate surface area is 125 Å².